The van der Waals surface area contributed by atoms with Gasteiger partial charge < -0.3 is 9.88 Å². The van der Waals surface area contributed by atoms with E-state index in [2.05, 4.69) is 5.32 Å². The van der Waals surface area contributed by atoms with Gasteiger partial charge in [0.25, 0.3) is 0 Å². The van der Waals surface area contributed by atoms with E-state index in [1.807, 2.05) is 0 Å². The Hall–Kier alpha value is -3.52. The van der Waals surface area contributed by atoms with Crippen LogP contribution in [0.15, 0.2) is 83.9 Å². The fraction of sp³-hybridized carbons (Fsp3) is 0.0870. The fourth-order valence-electron chi connectivity index (χ4n) is 3.41. The third kappa shape index (κ3) is 4.49. The Labute approximate surface area is 177 Å². The molecule has 8 heteroatoms. The summed E-state index contributed by atoms with van der Waals surface area (Å²) >= 11 is 0. The van der Waals surface area contributed by atoms with Crippen molar-refractivity contribution in [3.05, 3.63) is 96.2 Å². The van der Waals surface area contributed by atoms with Crippen LogP contribution in [-0.4, -0.2) is 18.9 Å². The molecular formula is C23H18F2N2O3S. The van der Waals surface area contributed by atoms with Gasteiger partial charge in [0.1, 0.15) is 18.2 Å². The number of nitrogens with one attached hydrogen (secondary N) is 1. The van der Waals surface area contributed by atoms with Crippen LogP contribution >= 0.6 is 0 Å². The molecule has 3 aromatic carbocycles. The largest absolute Gasteiger partial charge is 0.337 e. The summed E-state index contributed by atoms with van der Waals surface area (Å²) in [6.07, 6.45) is 1.38. The molecule has 1 heterocycles. The first-order valence-corrected chi connectivity index (χ1v) is 11.1. The van der Waals surface area contributed by atoms with Gasteiger partial charge >= 0.3 is 0 Å². The number of para-hydroxylation sites is 1. The number of anilines is 1. The maximum Gasteiger partial charge on any atom is 0.244 e. The number of hydrogen-bond donors (Lipinski definition) is 1. The number of amides is 1. The second-order valence-electron chi connectivity index (χ2n) is 7.05. The summed E-state index contributed by atoms with van der Waals surface area (Å²) in [7, 11) is -3.88. The Bertz CT molecular complexity index is 1380. The number of fused-ring (bicyclic) bond motifs is 1. The quantitative estimate of drug-likeness (QED) is 0.479. The minimum atomic E-state index is -3.88. The standard InChI is InChI=1S/C23H18F2N2O3S/c24-17-7-5-8-18(12-17)26-23(28)14-27-13-22(19-9-2-4-11-21(19)27)31(29,30)15-16-6-1-3-10-20(16)25/h1-13H,14-15H2,(H,26,28). The Morgan fingerprint density at radius 1 is 0.935 bits per heavy atom. The summed E-state index contributed by atoms with van der Waals surface area (Å²) in [4.78, 5) is 12.5. The van der Waals surface area contributed by atoms with E-state index >= 15 is 0 Å². The predicted octanol–water partition coefficient (Wildman–Crippen LogP) is 4.53. The maximum absolute atomic E-state index is 14.0. The zero-order valence-electron chi connectivity index (χ0n) is 16.3. The van der Waals surface area contributed by atoms with E-state index < -0.39 is 33.1 Å². The molecule has 0 radical (unpaired) electrons. The summed E-state index contributed by atoms with van der Waals surface area (Å²) in [6.45, 7) is -0.174. The number of carbonyl (C=O) groups excluding carboxylic acids is 1. The Balaban J connectivity index is 1.66. The smallest absolute Gasteiger partial charge is 0.244 e. The van der Waals surface area contributed by atoms with Crippen molar-refractivity contribution in [2.45, 2.75) is 17.2 Å². The number of halogens is 2. The number of benzene rings is 3. The SMILES string of the molecule is O=C(Cn1cc(S(=O)(=O)Cc2ccccc2F)c2ccccc21)Nc1cccc(F)c1. The molecule has 0 fully saturated rings. The second kappa shape index (κ2) is 8.31. The molecule has 0 bridgehead atoms. The lowest BCUT2D eigenvalue weighted by molar-refractivity contribution is -0.116. The highest BCUT2D eigenvalue weighted by molar-refractivity contribution is 7.90. The Morgan fingerprint density at radius 2 is 1.68 bits per heavy atom. The molecule has 1 N–H and O–H groups in total. The molecule has 1 amide bonds. The van der Waals surface area contributed by atoms with Gasteiger partial charge in [-0.25, -0.2) is 17.2 Å². The molecule has 0 spiro atoms. The van der Waals surface area contributed by atoms with Crippen molar-refractivity contribution in [2.75, 3.05) is 5.32 Å². The van der Waals surface area contributed by atoms with E-state index in [-0.39, 0.29) is 17.0 Å². The van der Waals surface area contributed by atoms with Gasteiger partial charge in [-0.05, 0) is 30.3 Å². The summed E-state index contributed by atoms with van der Waals surface area (Å²) in [5, 5.41) is 3.03. The summed E-state index contributed by atoms with van der Waals surface area (Å²) in [5.41, 5.74) is 0.918. The van der Waals surface area contributed by atoms with Crippen LogP contribution in [0.1, 0.15) is 5.56 Å². The minimum Gasteiger partial charge on any atom is -0.337 e. The van der Waals surface area contributed by atoms with Crippen LogP contribution in [0.4, 0.5) is 14.5 Å². The van der Waals surface area contributed by atoms with Crippen molar-refractivity contribution in [3.63, 3.8) is 0 Å². The highest BCUT2D eigenvalue weighted by atomic mass is 32.2. The minimum absolute atomic E-state index is 0.0184. The van der Waals surface area contributed by atoms with Crippen LogP contribution in [0.3, 0.4) is 0 Å². The normalized spacial score (nSPS) is 11.5. The third-order valence-electron chi connectivity index (χ3n) is 4.81. The van der Waals surface area contributed by atoms with Gasteiger partial charge in [-0.1, -0.05) is 42.5 Å². The molecule has 0 aliphatic rings. The van der Waals surface area contributed by atoms with E-state index in [1.165, 1.54) is 47.2 Å². The highest BCUT2D eigenvalue weighted by Gasteiger charge is 2.23. The zero-order chi connectivity index (χ0) is 22.0. The zero-order valence-corrected chi connectivity index (χ0v) is 17.1. The van der Waals surface area contributed by atoms with Crippen molar-refractivity contribution in [1.29, 1.82) is 0 Å². The van der Waals surface area contributed by atoms with E-state index in [4.69, 9.17) is 0 Å². The van der Waals surface area contributed by atoms with Gasteiger partial charge in [0.15, 0.2) is 9.84 Å². The van der Waals surface area contributed by atoms with Gasteiger partial charge in [0.05, 0.1) is 10.6 Å². The molecule has 0 aliphatic heterocycles. The molecule has 0 unspecified atom stereocenters. The number of sulfone groups is 1. The Kier molecular flexibility index (Phi) is 5.56. The van der Waals surface area contributed by atoms with Crippen molar-refractivity contribution in [2.24, 2.45) is 0 Å². The third-order valence-corrected chi connectivity index (χ3v) is 6.50. The van der Waals surface area contributed by atoms with Crippen molar-refractivity contribution < 1.29 is 22.0 Å². The highest BCUT2D eigenvalue weighted by Crippen LogP contribution is 2.28. The number of rotatable bonds is 6. The topological polar surface area (TPSA) is 68.2 Å². The van der Waals surface area contributed by atoms with Gasteiger partial charge in [-0.3, -0.25) is 4.79 Å². The maximum atomic E-state index is 14.0. The molecule has 1 aromatic heterocycles. The van der Waals surface area contributed by atoms with Gasteiger partial charge in [-0.2, -0.15) is 0 Å². The van der Waals surface area contributed by atoms with Gasteiger partial charge in [0, 0.05) is 28.4 Å². The second-order valence-corrected chi connectivity index (χ2v) is 9.01. The molecule has 0 aliphatic carbocycles. The monoisotopic (exact) mass is 440 g/mol. The molecule has 5 nitrogen and oxygen atoms in total. The first-order valence-electron chi connectivity index (χ1n) is 9.43. The first kappa shape index (κ1) is 20.7. The number of nitrogens with zero attached hydrogens (tertiary/aromatic N) is 1. The van der Waals surface area contributed by atoms with Crippen LogP contribution < -0.4 is 5.32 Å². The predicted molar refractivity (Wildman–Crippen MR) is 114 cm³/mol. The van der Waals surface area contributed by atoms with Gasteiger partial charge in [0.2, 0.25) is 5.91 Å². The molecule has 0 saturated carbocycles. The summed E-state index contributed by atoms with van der Waals surface area (Å²) in [6, 6.07) is 18.0. The van der Waals surface area contributed by atoms with Crippen LogP contribution in [0.25, 0.3) is 10.9 Å². The van der Waals surface area contributed by atoms with E-state index in [9.17, 15) is 22.0 Å². The Morgan fingerprint density at radius 3 is 2.45 bits per heavy atom. The van der Waals surface area contributed by atoms with Crippen molar-refractivity contribution in [3.8, 4) is 0 Å². The molecule has 4 rings (SSSR count). The lowest BCUT2D eigenvalue weighted by Crippen LogP contribution is -2.18. The molecule has 0 saturated heterocycles. The van der Waals surface area contributed by atoms with Crippen LogP contribution in [0, 0.1) is 11.6 Å². The number of carbonyl (C=O) groups is 1. The van der Waals surface area contributed by atoms with Crippen LogP contribution in [0.5, 0.6) is 0 Å². The van der Waals surface area contributed by atoms with Crippen molar-refractivity contribution >= 4 is 32.3 Å². The number of aromatic nitrogens is 1. The molecule has 4 aromatic rings. The number of hydrogen-bond acceptors (Lipinski definition) is 3. The summed E-state index contributed by atoms with van der Waals surface area (Å²) < 4.78 is 55.0. The molecule has 0 atom stereocenters. The fourth-order valence-corrected chi connectivity index (χ4v) is 5.01. The average Bonchev–Trinajstić information content (AvgIpc) is 3.09. The van der Waals surface area contributed by atoms with E-state index in [0.717, 1.165) is 0 Å². The lowest BCUT2D eigenvalue weighted by Gasteiger charge is -2.07. The van der Waals surface area contributed by atoms with Crippen LogP contribution in [0.2, 0.25) is 0 Å². The van der Waals surface area contributed by atoms with E-state index in [0.29, 0.717) is 16.6 Å². The first-order chi connectivity index (χ1) is 14.8. The molecule has 158 valence electrons. The molecule has 31 heavy (non-hydrogen) atoms. The van der Waals surface area contributed by atoms with Crippen LogP contribution in [-0.2, 0) is 26.9 Å². The summed E-state index contributed by atoms with van der Waals surface area (Å²) in [5.74, 6) is -2.01. The van der Waals surface area contributed by atoms with E-state index in [1.54, 1.807) is 36.4 Å². The molecular weight excluding hydrogens is 422 g/mol. The lowest BCUT2D eigenvalue weighted by atomic mass is 10.2. The average molecular weight is 440 g/mol. The van der Waals surface area contributed by atoms with Crippen molar-refractivity contribution in [1.82, 2.24) is 4.57 Å². The van der Waals surface area contributed by atoms with Gasteiger partial charge in [-0.15, -0.1) is 0 Å².